The molecule has 1 heterocycles. The molecule has 2 aromatic carbocycles. The number of urea groups is 1. The zero-order valence-corrected chi connectivity index (χ0v) is 18.9. The lowest BCUT2D eigenvalue weighted by molar-refractivity contribution is -0.124. The van der Waals surface area contributed by atoms with Gasteiger partial charge in [-0.15, -0.1) is 0 Å². The number of hydrogen-bond acceptors (Lipinski definition) is 6. The van der Waals surface area contributed by atoms with Gasteiger partial charge in [0.1, 0.15) is 5.57 Å². The number of carbonyl (C=O) groups excluding carboxylic acids is 4. The minimum atomic E-state index is -0.874. The number of anilines is 1. The Morgan fingerprint density at radius 1 is 1.09 bits per heavy atom. The molecule has 5 amide bonds. The molecule has 0 bridgehead atoms. The highest BCUT2D eigenvalue weighted by atomic mass is 79.9. The summed E-state index contributed by atoms with van der Waals surface area (Å²) in [5, 5.41) is 6.81. The summed E-state index contributed by atoms with van der Waals surface area (Å²) >= 11 is 3.38. The van der Waals surface area contributed by atoms with Crippen LogP contribution in [-0.4, -0.2) is 37.0 Å². The first-order valence-corrected chi connectivity index (χ1v) is 10.4. The largest absolute Gasteiger partial charge is 0.490 e. The fraction of sp³-hybridized carbons (Fsp3) is 0.182. The van der Waals surface area contributed by atoms with Gasteiger partial charge in [0.2, 0.25) is 0 Å². The van der Waals surface area contributed by atoms with Crippen molar-refractivity contribution in [3.8, 4) is 11.5 Å². The van der Waals surface area contributed by atoms with Crippen molar-refractivity contribution in [2.75, 3.05) is 18.5 Å². The van der Waals surface area contributed by atoms with Crippen LogP contribution >= 0.6 is 15.9 Å². The molecule has 3 rings (SSSR count). The Bertz CT molecular complexity index is 1110. The number of imide groups is 2. The molecule has 9 nitrogen and oxygen atoms in total. The van der Waals surface area contributed by atoms with Crippen LogP contribution in [0.1, 0.15) is 18.1 Å². The molecule has 1 aliphatic heterocycles. The minimum absolute atomic E-state index is 0.231. The molecule has 0 unspecified atom stereocenters. The number of carbonyl (C=O) groups is 4. The zero-order chi connectivity index (χ0) is 23.3. The van der Waals surface area contributed by atoms with Gasteiger partial charge in [0.05, 0.1) is 11.1 Å². The Morgan fingerprint density at radius 2 is 1.78 bits per heavy atom. The molecule has 0 saturated carbocycles. The average molecular weight is 502 g/mol. The molecule has 0 aromatic heterocycles. The van der Waals surface area contributed by atoms with E-state index in [1.807, 2.05) is 35.8 Å². The second-order valence-electron chi connectivity index (χ2n) is 6.71. The summed E-state index contributed by atoms with van der Waals surface area (Å²) in [6.45, 7) is 3.71. The van der Waals surface area contributed by atoms with Crippen LogP contribution in [0.2, 0.25) is 0 Å². The first-order valence-electron chi connectivity index (χ1n) is 9.61. The number of aryl methyl sites for hydroxylation is 1. The van der Waals surface area contributed by atoms with Gasteiger partial charge in [-0.25, -0.2) is 4.79 Å². The quantitative estimate of drug-likeness (QED) is 0.395. The van der Waals surface area contributed by atoms with Gasteiger partial charge in [-0.05, 0) is 65.2 Å². The monoisotopic (exact) mass is 501 g/mol. The van der Waals surface area contributed by atoms with E-state index in [2.05, 4.69) is 21.2 Å². The number of nitrogens with one attached hydrogen (secondary N) is 3. The summed E-state index contributed by atoms with van der Waals surface area (Å²) in [5.41, 5.74) is 1.83. The molecule has 0 atom stereocenters. The number of ether oxygens (including phenoxy) is 2. The van der Waals surface area contributed by atoms with Crippen LogP contribution in [-0.2, 0) is 14.4 Å². The van der Waals surface area contributed by atoms with E-state index in [1.54, 1.807) is 25.1 Å². The number of barbiturate groups is 1. The third-order valence-corrected chi connectivity index (χ3v) is 4.94. The summed E-state index contributed by atoms with van der Waals surface area (Å²) in [4.78, 5) is 47.5. The lowest BCUT2D eigenvalue weighted by Crippen LogP contribution is -2.51. The van der Waals surface area contributed by atoms with Crippen molar-refractivity contribution in [1.82, 2.24) is 10.6 Å². The Morgan fingerprint density at radius 3 is 2.44 bits per heavy atom. The maximum Gasteiger partial charge on any atom is 0.328 e. The van der Waals surface area contributed by atoms with E-state index in [0.717, 1.165) is 5.56 Å². The maximum atomic E-state index is 12.3. The second kappa shape index (κ2) is 10.1. The predicted molar refractivity (Wildman–Crippen MR) is 120 cm³/mol. The fourth-order valence-corrected chi connectivity index (χ4v) is 3.46. The third kappa shape index (κ3) is 5.52. The molecule has 0 spiro atoms. The van der Waals surface area contributed by atoms with Gasteiger partial charge in [-0.1, -0.05) is 18.2 Å². The highest BCUT2D eigenvalue weighted by molar-refractivity contribution is 9.10. The summed E-state index contributed by atoms with van der Waals surface area (Å²) in [7, 11) is 0. The average Bonchev–Trinajstić information content (AvgIpc) is 2.72. The van der Waals surface area contributed by atoms with E-state index < -0.39 is 17.8 Å². The number of amides is 5. The topological polar surface area (TPSA) is 123 Å². The second-order valence-corrected chi connectivity index (χ2v) is 7.56. The molecule has 0 aliphatic carbocycles. The van der Waals surface area contributed by atoms with E-state index in [4.69, 9.17) is 9.47 Å². The van der Waals surface area contributed by atoms with Gasteiger partial charge in [0, 0.05) is 5.69 Å². The minimum Gasteiger partial charge on any atom is -0.490 e. The zero-order valence-electron chi connectivity index (χ0n) is 17.3. The Labute approximate surface area is 192 Å². The summed E-state index contributed by atoms with van der Waals surface area (Å²) in [5.74, 6) is -1.35. The molecule has 1 fully saturated rings. The molecule has 1 aliphatic rings. The van der Waals surface area contributed by atoms with Crippen LogP contribution in [0.4, 0.5) is 10.5 Å². The van der Waals surface area contributed by atoms with E-state index >= 15 is 0 Å². The van der Waals surface area contributed by atoms with Crippen molar-refractivity contribution >= 4 is 51.4 Å². The van der Waals surface area contributed by atoms with Crippen molar-refractivity contribution in [2.24, 2.45) is 0 Å². The predicted octanol–water partition coefficient (Wildman–Crippen LogP) is 2.92. The summed E-state index contributed by atoms with van der Waals surface area (Å²) in [6.07, 6.45) is 1.32. The van der Waals surface area contributed by atoms with Crippen molar-refractivity contribution in [2.45, 2.75) is 13.8 Å². The van der Waals surface area contributed by atoms with Crippen LogP contribution in [0.3, 0.4) is 0 Å². The van der Waals surface area contributed by atoms with E-state index in [9.17, 15) is 19.2 Å². The third-order valence-electron chi connectivity index (χ3n) is 4.35. The van der Waals surface area contributed by atoms with E-state index in [-0.39, 0.29) is 18.1 Å². The number of rotatable bonds is 7. The van der Waals surface area contributed by atoms with Gasteiger partial charge < -0.3 is 14.8 Å². The molecule has 1 saturated heterocycles. The lowest BCUT2D eigenvalue weighted by Gasteiger charge is -2.16. The van der Waals surface area contributed by atoms with Gasteiger partial charge >= 0.3 is 6.03 Å². The normalized spacial score (nSPS) is 13.2. The highest BCUT2D eigenvalue weighted by Crippen LogP contribution is 2.37. The van der Waals surface area contributed by atoms with E-state index in [1.165, 1.54) is 6.08 Å². The van der Waals surface area contributed by atoms with Crippen molar-refractivity contribution in [1.29, 1.82) is 0 Å². The van der Waals surface area contributed by atoms with Crippen LogP contribution in [0.15, 0.2) is 46.4 Å². The van der Waals surface area contributed by atoms with Gasteiger partial charge in [-0.2, -0.15) is 0 Å². The first-order chi connectivity index (χ1) is 15.3. The first kappa shape index (κ1) is 23.0. The maximum absolute atomic E-state index is 12.3. The Balaban J connectivity index is 1.80. The SMILES string of the molecule is CCOc1cc(C=C2C(=O)NC(=O)NC2=O)cc(Br)c1OCC(=O)Nc1ccccc1C. The fourth-order valence-electron chi connectivity index (χ4n) is 2.88. The lowest BCUT2D eigenvalue weighted by atomic mass is 10.1. The number of para-hydroxylation sites is 1. The van der Waals surface area contributed by atoms with Crippen LogP contribution in [0.5, 0.6) is 11.5 Å². The standard InChI is InChI=1S/C22H20BrN3O6/c1-3-31-17-10-13(8-14-20(28)25-22(30)26-21(14)29)9-15(23)19(17)32-11-18(27)24-16-7-5-4-6-12(16)2/h4-10H,3,11H2,1-2H3,(H,24,27)(H2,25,26,28,29,30). The molecule has 166 valence electrons. The highest BCUT2D eigenvalue weighted by Gasteiger charge is 2.28. The smallest absolute Gasteiger partial charge is 0.328 e. The Hall–Kier alpha value is -3.66. The molecular weight excluding hydrogens is 482 g/mol. The number of hydrogen-bond donors (Lipinski definition) is 3. The number of halogens is 1. The van der Waals surface area contributed by atoms with Crippen LogP contribution in [0, 0.1) is 6.92 Å². The van der Waals surface area contributed by atoms with Crippen molar-refractivity contribution in [3.05, 3.63) is 57.6 Å². The van der Waals surface area contributed by atoms with E-state index in [0.29, 0.717) is 33.8 Å². The molecule has 3 N–H and O–H groups in total. The number of benzene rings is 2. The van der Waals surface area contributed by atoms with Gasteiger partial charge in [-0.3, -0.25) is 25.0 Å². The van der Waals surface area contributed by atoms with Crippen LogP contribution < -0.4 is 25.4 Å². The van der Waals surface area contributed by atoms with Gasteiger partial charge in [0.15, 0.2) is 18.1 Å². The van der Waals surface area contributed by atoms with Crippen LogP contribution in [0.25, 0.3) is 6.08 Å². The molecule has 32 heavy (non-hydrogen) atoms. The molecule has 10 heteroatoms. The summed E-state index contributed by atoms with van der Waals surface area (Å²) in [6, 6.07) is 9.67. The molecule has 2 aromatic rings. The summed E-state index contributed by atoms with van der Waals surface area (Å²) < 4.78 is 11.8. The van der Waals surface area contributed by atoms with Gasteiger partial charge in [0.25, 0.3) is 17.7 Å². The molecular formula is C22H20BrN3O6. The van der Waals surface area contributed by atoms with Crippen molar-refractivity contribution < 1.29 is 28.7 Å². The molecule has 0 radical (unpaired) electrons. The Kier molecular flexibility index (Phi) is 7.26. The van der Waals surface area contributed by atoms with Crippen molar-refractivity contribution in [3.63, 3.8) is 0 Å².